The Kier molecular flexibility index (Phi) is 4.59. The number of ether oxygens (including phenoxy) is 3. The number of benzene rings is 2. The number of nitrogens with zero attached hydrogens (tertiary/aromatic N) is 2. The minimum Gasteiger partial charge on any atom is -0.467 e. The lowest BCUT2D eigenvalue weighted by atomic mass is 10.1. The number of hydrogen-bond donors (Lipinski definition) is 1. The van der Waals surface area contributed by atoms with Gasteiger partial charge in [0, 0.05) is 37.7 Å². The summed E-state index contributed by atoms with van der Waals surface area (Å²) in [5, 5.41) is 3.43. The number of thiazole rings is 1. The van der Waals surface area contributed by atoms with Crippen LogP contribution < -0.4 is 19.5 Å². The van der Waals surface area contributed by atoms with E-state index >= 15 is 0 Å². The second kappa shape index (κ2) is 7.40. The molecule has 2 aliphatic rings. The highest BCUT2D eigenvalue weighted by Crippen LogP contribution is 2.34. The summed E-state index contributed by atoms with van der Waals surface area (Å²) in [4.78, 5) is 18.7. The second-order valence-electron chi connectivity index (χ2n) is 6.89. The van der Waals surface area contributed by atoms with Gasteiger partial charge in [0.2, 0.25) is 6.79 Å². The maximum absolute atomic E-state index is 13.3. The molecule has 0 radical (unpaired) electrons. The summed E-state index contributed by atoms with van der Waals surface area (Å²) >= 11 is 1.34. The van der Waals surface area contributed by atoms with Crippen LogP contribution in [-0.4, -0.2) is 41.9 Å². The molecule has 29 heavy (non-hydrogen) atoms. The molecule has 1 aromatic heterocycles. The molecule has 0 atom stereocenters. The number of likely N-dealkylation sites (tertiary alicyclic amines) is 1. The molecule has 2 aromatic carbocycles. The van der Waals surface area contributed by atoms with Crippen molar-refractivity contribution in [3.05, 3.63) is 42.2 Å². The van der Waals surface area contributed by atoms with Crippen LogP contribution in [0.1, 0.15) is 12.8 Å². The van der Waals surface area contributed by atoms with Crippen LogP contribution in [0.5, 0.6) is 16.7 Å². The number of rotatable bonds is 3. The Hall–Kier alpha value is -3.07. The van der Waals surface area contributed by atoms with E-state index in [1.165, 1.54) is 23.5 Å². The van der Waals surface area contributed by atoms with E-state index in [0.29, 0.717) is 48.3 Å². The number of fused-ring (bicyclic) bond motifs is 2. The van der Waals surface area contributed by atoms with Gasteiger partial charge in [0.05, 0.1) is 10.2 Å². The Morgan fingerprint density at radius 1 is 1.17 bits per heavy atom. The summed E-state index contributed by atoms with van der Waals surface area (Å²) in [6, 6.07) is 9.67. The van der Waals surface area contributed by atoms with Crippen molar-refractivity contribution in [2.45, 2.75) is 18.9 Å². The quantitative estimate of drug-likeness (QED) is 0.693. The highest BCUT2D eigenvalue weighted by Gasteiger charge is 2.25. The maximum atomic E-state index is 13.3. The van der Waals surface area contributed by atoms with Crippen LogP contribution in [0.15, 0.2) is 36.4 Å². The first-order valence-corrected chi connectivity index (χ1v) is 10.1. The zero-order valence-electron chi connectivity index (χ0n) is 15.4. The number of carbonyl (C=O) groups excluding carboxylic acids is 1. The van der Waals surface area contributed by atoms with E-state index in [9.17, 15) is 9.18 Å². The lowest BCUT2D eigenvalue weighted by Gasteiger charge is -2.31. The highest BCUT2D eigenvalue weighted by molar-refractivity contribution is 7.20. The normalized spacial score (nSPS) is 16.2. The van der Waals surface area contributed by atoms with Gasteiger partial charge < -0.3 is 24.4 Å². The van der Waals surface area contributed by atoms with Gasteiger partial charge in [-0.15, -0.1) is 0 Å². The summed E-state index contributed by atoms with van der Waals surface area (Å²) in [5.74, 6) is 1.03. The Morgan fingerprint density at radius 2 is 2.00 bits per heavy atom. The van der Waals surface area contributed by atoms with E-state index in [4.69, 9.17) is 14.2 Å². The summed E-state index contributed by atoms with van der Waals surface area (Å²) in [6.07, 6.45) is 1.40. The van der Waals surface area contributed by atoms with Crippen LogP contribution in [0.3, 0.4) is 0 Å². The van der Waals surface area contributed by atoms with E-state index in [0.717, 1.165) is 10.2 Å². The summed E-state index contributed by atoms with van der Waals surface area (Å²) in [6.45, 7) is 1.37. The van der Waals surface area contributed by atoms with Crippen LogP contribution in [0.25, 0.3) is 10.2 Å². The Balaban J connectivity index is 1.16. The molecule has 0 bridgehead atoms. The van der Waals surface area contributed by atoms with Gasteiger partial charge in [-0.1, -0.05) is 11.3 Å². The number of halogens is 1. The number of amides is 2. The zero-order chi connectivity index (χ0) is 19.8. The minimum atomic E-state index is -0.283. The molecule has 7 nitrogen and oxygen atoms in total. The fourth-order valence-electron chi connectivity index (χ4n) is 3.42. The summed E-state index contributed by atoms with van der Waals surface area (Å²) < 4.78 is 30.7. The molecule has 2 aliphatic heterocycles. The highest BCUT2D eigenvalue weighted by atomic mass is 32.1. The van der Waals surface area contributed by atoms with Crippen LogP contribution >= 0.6 is 11.3 Å². The second-order valence-corrected chi connectivity index (χ2v) is 7.89. The summed E-state index contributed by atoms with van der Waals surface area (Å²) in [7, 11) is 0. The Bertz CT molecular complexity index is 1070. The molecule has 1 saturated heterocycles. The smallest absolute Gasteiger partial charge is 0.321 e. The molecular weight excluding hydrogens is 397 g/mol. The van der Waals surface area contributed by atoms with Gasteiger partial charge in [-0.05, 0) is 30.3 Å². The van der Waals surface area contributed by atoms with Gasteiger partial charge in [0.15, 0.2) is 11.5 Å². The lowest BCUT2D eigenvalue weighted by molar-refractivity contribution is 0.115. The standard InChI is InChI=1S/C20H18FN3O4S/c21-12-1-3-15-18(9-12)29-20(23-15)28-14-5-7-24(8-6-14)19(25)22-13-2-4-16-17(10-13)27-11-26-16/h1-4,9-10,14H,5-8,11H2,(H,22,25). The first kappa shape index (κ1) is 18.0. The van der Waals surface area contributed by atoms with Gasteiger partial charge in [0.25, 0.3) is 5.19 Å². The molecule has 150 valence electrons. The average molecular weight is 415 g/mol. The third-order valence-corrected chi connectivity index (χ3v) is 5.86. The number of urea groups is 1. The third-order valence-electron chi connectivity index (χ3n) is 4.95. The largest absolute Gasteiger partial charge is 0.467 e. The van der Waals surface area contributed by atoms with Crippen LogP contribution in [0.4, 0.5) is 14.9 Å². The van der Waals surface area contributed by atoms with Crippen LogP contribution in [-0.2, 0) is 0 Å². The molecule has 0 spiro atoms. The molecule has 1 N–H and O–H groups in total. The van der Waals surface area contributed by atoms with E-state index in [1.54, 1.807) is 29.2 Å². The molecule has 1 fully saturated rings. The Morgan fingerprint density at radius 3 is 2.86 bits per heavy atom. The first-order valence-electron chi connectivity index (χ1n) is 9.32. The molecule has 0 saturated carbocycles. The average Bonchev–Trinajstić information content (AvgIpc) is 3.34. The van der Waals surface area contributed by atoms with Crippen molar-refractivity contribution < 1.29 is 23.4 Å². The van der Waals surface area contributed by atoms with Crippen molar-refractivity contribution in [1.29, 1.82) is 0 Å². The topological polar surface area (TPSA) is 72.9 Å². The van der Waals surface area contributed by atoms with Gasteiger partial charge in [-0.2, -0.15) is 0 Å². The predicted octanol–water partition coefficient (Wildman–Crippen LogP) is 4.24. The molecular formula is C20H18FN3O4S. The summed E-state index contributed by atoms with van der Waals surface area (Å²) in [5.41, 5.74) is 1.39. The van der Waals surface area contributed by atoms with E-state index in [1.807, 2.05) is 0 Å². The molecule has 3 aromatic rings. The first-order chi connectivity index (χ1) is 14.1. The number of nitrogens with one attached hydrogen (secondary N) is 1. The molecule has 2 amide bonds. The van der Waals surface area contributed by atoms with Crippen molar-refractivity contribution in [2.24, 2.45) is 0 Å². The molecule has 0 aliphatic carbocycles. The molecule has 9 heteroatoms. The van der Waals surface area contributed by atoms with Crippen molar-refractivity contribution >= 4 is 33.3 Å². The SMILES string of the molecule is O=C(Nc1ccc2c(c1)OCO2)N1CCC(Oc2nc3ccc(F)cc3s2)CC1. The molecule has 3 heterocycles. The number of aromatic nitrogens is 1. The fraction of sp³-hybridized carbons (Fsp3) is 0.300. The van der Waals surface area contributed by atoms with Gasteiger partial charge in [-0.3, -0.25) is 0 Å². The monoisotopic (exact) mass is 415 g/mol. The third kappa shape index (κ3) is 3.77. The van der Waals surface area contributed by atoms with Crippen molar-refractivity contribution in [1.82, 2.24) is 9.88 Å². The molecule has 5 rings (SSSR count). The van der Waals surface area contributed by atoms with Gasteiger partial charge in [0.1, 0.15) is 11.9 Å². The lowest BCUT2D eigenvalue weighted by Crippen LogP contribution is -2.43. The maximum Gasteiger partial charge on any atom is 0.321 e. The fourth-order valence-corrected chi connectivity index (χ4v) is 4.33. The minimum absolute atomic E-state index is 0.0185. The van der Waals surface area contributed by atoms with Gasteiger partial charge >= 0.3 is 6.03 Å². The van der Waals surface area contributed by atoms with Crippen molar-refractivity contribution in [3.63, 3.8) is 0 Å². The Labute approximate surface area is 170 Å². The van der Waals surface area contributed by atoms with Crippen LogP contribution in [0.2, 0.25) is 0 Å². The van der Waals surface area contributed by atoms with E-state index in [-0.39, 0.29) is 24.7 Å². The number of anilines is 1. The van der Waals surface area contributed by atoms with Crippen molar-refractivity contribution in [3.8, 4) is 16.7 Å². The molecule has 0 unspecified atom stereocenters. The van der Waals surface area contributed by atoms with Gasteiger partial charge in [-0.25, -0.2) is 14.2 Å². The number of carbonyl (C=O) groups is 1. The van der Waals surface area contributed by atoms with E-state index in [2.05, 4.69) is 10.3 Å². The van der Waals surface area contributed by atoms with E-state index < -0.39 is 0 Å². The number of hydrogen-bond acceptors (Lipinski definition) is 6. The van der Waals surface area contributed by atoms with Crippen molar-refractivity contribution in [2.75, 3.05) is 25.2 Å². The van der Waals surface area contributed by atoms with Crippen LogP contribution in [0, 0.1) is 5.82 Å². The predicted molar refractivity (Wildman–Crippen MR) is 106 cm³/mol. The number of piperidine rings is 1. The zero-order valence-corrected chi connectivity index (χ0v) is 16.2.